The summed E-state index contributed by atoms with van der Waals surface area (Å²) >= 11 is 0. The number of carbonyl (C=O) groups excluding carboxylic acids is 1. The lowest BCUT2D eigenvalue weighted by atomic mass is 9.98. The largest absolute Gasteiger partial charge is 0.322 e. The van der Waals surface area contributed by atoms with Crippen molar-refractivity contribution in [3.05, 3.63) is 76.1 Å². The van der Waals surface area contributed by atoms with Crippen molar-refractivity contribution in [1.82, 2.24) is 4.98 Å². The van der Waals surface area contributed by atoms with Crippen molar-refractivity contribution in [2.45, 2.75) is 26.2 Å². The van der Waals surface area contributed by atoms with Gasteiger partial charge in [-0.1, -0.05) is 44.2 Å². The highest BCUT2D eigenvalue weighted by molar-refractivity contribution is 6.12. The van der Waals surface area contributed by atoms with Gasteiger partial charge in [0.2, 0.25) is 5.56 Å². The number of aromatic nitrogens is 1. The van der Waals surface area contributed by atoms with Gasteiger partial charge in [-0.3, -0.25) is 9.59 Å². The number of nitrogens with one attached hydrogen (secondary N) is 2. The maximum atomic E-state index is 12.6. The number of fused-ring (bicyclic) bond motifs is 1. The number of amides is 1. The molecule has 2 aromatic carbocycles. The SMILES string of the molecule is CC[C@H](C)c1ccc(NC(=O)c2cc(=O)[nH]c3ccccc23)cc1. The van der Waals surface area contributed by atoms with Gasteiger partial charge in [0.15, 0.2) is 0 Å². The van der Waals surface area contributed by atoms with Crippen LogP contribution in [0.2, 0.25) is 0 Å². The Labute approximate surface area is 140 Å². The van der Waals surface area contributed by atoms with E-state index in [1.165, 1.54) is 11.6 Å². The summed E-state index contributed by atoms with van der Waals surface area (Å²) in [5, 5.41) is 3.60. The van der Waals surface area contributed by atoms with E-state index in [-0.39, 0.29) is 11.5 Å². The van der Waals surface area contributed by atoms with Crippen molar-refractivity contribution in [1.29, 1.82) is 0 Å². The number of aromatic amines is 1. The van der Waals surface area contributed by atoms with E-state index in [2.05, 4.69) is 24.1 Å². The fourth-order valence-electron chi connectivity index (χ4n) is 2.72. The summed E-state index contributed by atoms with van der Waals surface area (Å²) in [5.74, 6) is 0.208. The number of para-hydroxylation sites is 1. The molecule has 0 aliphatic heterocycles. The Morgan fingerprint density at radius 2 is 1.83 bits per heavy atom. The average Bonchev–Trinajstić information content (AvgIpc) is 2.60. The molecule has 0 saturated heterocycles. The van der Waals surface area contributed by atoms with Gasteiger partial charge < -0.3 is 10.3 Å². The predicted molar refractivity (Wildman–Crippen MR) is 97.7 cm³/mol. The van der Waals surface area contributed by atoms with Crippen LogP contribution in [0.25, 0.3) is 10.9 Å². The third-order valence-electron chi connectivity index (χ3n) is 4.35. The summed E-state index contributed by atoms with van der Waals surface area (Å²) in [6, 6.07) is 16.5. The van der Waals surface area contributed by atoms with Crippen LogP contribution in [-0.2, 0) is 0 Å². The maximum absolute atomic E-state index is 12.6. The number of carbonyl (C=O) groups is 1. The van der Waals surface area contributed by atoms with Crippen LogP contribution in [0.4, 0.5) is 5.69 Å². The van der Waals surface area contributed by atoms with Gasteiger partial charge in [0.05, 0.1) is 5.56 Å². The molecule has 0 fully saturated rings. The standard InChI is InChI=1S/C20H20N2O2/c1-3-13(2)14-8-10-15(11-9-14)21-20(24)17-12-19(23)22-18-7-5-4-6-16(17)18/h4-13H,3H2,1-2H3,(H,21,24)(H,22,23)/t13-/m0/s1. The Hall–Kier alpha value is -2.88. The summed E-state index contributed by atoms with van der Waals surface area (Å²) in [6.07, 6.45) is 1.07. The fourth-order valence-corrected chi connectivity index (χ4v) is 2.72. The molecular weight excluding hydrogens is 300 g/mol. The van der Waals surface area contributed by atoms with Crippen LogP contribution in [0.15, 0.2) is 59.4 Å². The molecule has 0 aliphatic rings. The average molecular weight is 320 g/mol. The number of hydrogen-bond donors (Lipinski definition) is 2. The quantitative estimate of drug-likeness (QED) is 0.753. The number of rotatable bonds is 4. The summed E-state index contributed by atoms with van der Waals surface area (Å²) in [5.41, 5.74) is 2.71. The van der Waals surface area contributed by atoms with Crippen molar-refractivity contribution in [2.75, 3.05) is 5.32 Å². The molecule has 2 N–H and O–H groups in total. The van der Waals surface area contributed by atoms with Gasteiger partial charge in [0, 0.05) is 22.7 Å². The van der Waals surface area contributed by atoms with Crippen molar-refractivity contribution in [3.63, 3.8) is 0 Å². The third kappa shape index (κ3) is 3.23. The summed E-state index contributed by atoms with van der Waals surface area (Å²) < 4.78 is 0. The van der Waals surface area contributed by atoms with Crippen LogP contribution in [-0.4, -0.2) is 10.9 Å². The van der Waals surface area contributed by atoms with E-state index in [0.717, 1.165) is 17.5 Å². The minimum atomic E-state index is -0.286. The first-order chi connectivity index (χ1) is 11.6. The molecule has 1 heterocycles. The molecular formula is C20H20N2O2. The van der Waals surface area contributed by atoms with Gasteiger partial charge in [-0.05, 0) is 36.1 Å². The molecule has 3 aromatic rings. The van der Waals surface area contributed by atoms with Gasteiger partial charge in [-0.15, -0.1) is 0 Å². The Morgan fingerprint density at radius 3 is 2.54 bits per heavy atom. The van der Waals surface area contributed by atoms with Crippen molar-refractivity contribution in [3.8, 4) is 0 Å². The molecule has 1 aromatic heterocycles. The smallest absolute Gasteiger partial charge is 0.256 e. The fraction of sp³-hybridized carbons (Fsp3) is 0.200. The zero-order valence-corrected chi connectivity index (χ0v) is 13.8. The molecule has 0 radical (unpaired) electrons. The highest BCUT2D eigenvalue weighted by Gasteiger charge is 2.12. The second kappa shape index (κ2) is 6.71. The molecule has 4 nitrogen and oxygen atoms in total. The Bertz CT molecular complexity index is 926. The van der Waals surface area contributed by atoms with Gasteiger partial charge >= 0.3 is 0 Å². The number of H-pyrrole nitrogens is 1. The van der Waals surface area contributed by atoms with E-state index in [9.17, 15) is 9.59 Å². The van der Waals surface area contributed by atoms with Crippen LogP contribution < -0.4 is 10.9 Å². The predicted octanol–water partition coefficient (Wildman–Crippen LogP) is 4.29. The van der Waals surface area contributed by atoms with Crippen LogP contribution in [0.1, 0.15) is 42.1 Å². The van der Waals surface area contributed by atoms with Crippen LogP contribution in [0, 0.1) is 0 Å². The molecule has 1 amide bonds. The number of hydrogen-bond acceptors (Lipinski definition) is 2. The van der Waals surface area contributed by atoms with Crippen molar-refractivity contribution in [2.24, 2.45) is 0 Å². The highest BCUT2D eigenvalue weighted by Crippen LogP contribution is 2.21. The van der Waals surface area contributed by atoms with E-state index in [1.807, 2.05) is 42.5 Å². The number of benzene rings is 2. The minimum Gasteiger partial charge on any atom is -0.322 e. The van der Waals surface area contributed by atoms with Crippen LogP contribution >= 0.6 is 0 Å². The van der Waals surface area contributed by atoms with E-state index in [0.29, 0.717) is 17.0 Å². The summed E-state index contributed by atoms with van der Waals surface area (Å²) in [6.45, 7) is 4.33. The molecule has 3 rings (SSSR count). The van der Waals surface area contributed by atoms with Crippen LogP contribution in [0.5, 0.6) is 0 Å². The Morgan fingerprint density at radius 1 is 1.12 bits per heavy atom. The molecule has 0 saturated carbocycles. The van der Waals surface area contributed by atoms with E-state index in [4.69, 9.17) is 0 Å². The lowest BCUT2D eigenvalue weighted by Gasteiger charge is -2.11. The monoisotopic (exact) mass is 320 g/mol. The molecule has 122 valence electrons. The number of pyridine rings is 1. The Balaban J connectivity index is 1.89. The zero-order valence-electron chi connectivity index (χ0n) is 13.8. The van der Waals surface area contributed by atoms with E-state index in [1.54, 1.807) is 6.07 Å². The lowest BCUT2D eigenvalue weighted by Crippen LogP contribution is -2.16. The second-order valence-corrected chi connectivity index (χ2v) is 5.98. The third-order valence-corrected chi connectivity index (χ3v) is 4.35. The highest BCUT2D eigenvalue weighted by atomic mass is 16.2. The van der Waals surface area contributed by atoms with E-state index < -0.39 is 0 Å². The van der Waals surface area contributed by atoms with Gasteiger partial charge in [0.25, 0.3) is 5.91 Å². The van der Waals surface area contributed by atoms with Gasteiger partial charge in [-0.2, -0.15) is 0 Å². The topological polar surface area (TPSA) is 62.0 Å². The normalized spacial score (nSPS) is 12.1. The first-order valence-corrected chi connectivity index (χ1v) is 8.12. The first kappa shape index (κ1) is 16.0. The number of anilines is 1. The molecule has 0 bridgehead atoms. The van der Waals surface area contributed by atoms with Gasteiger partial charge in [-0.25, -0.2) is 0 Å². The second-order valence-electron chi connectivity index (χ2n) is 5.98. The van der Waals surface area contributed by atoms with Gasteiger partial charge in [0.1, 0.15) is 0 Å². The Kier molecular flexibility index (Phi) is 4.47. The van der Waals surface area contributed by atoms with E-state index >= 15 is 0 Å². The molecule has 24 heavy (non-hydrogen) atoms. The van der Waals surface area contributed by atoms with Crippen molar-refractivity contribution >= 4 is 22.5 Å². The molecule has 0 unspecified atom stereocenters. The lowest BCUT2D eigenvalue weighted by molar-refractivity contribution is 0.102. The molecule has 4 heteroatoms. The van der Waals surface area contributed by atoms with Crippen molar-refractivity contribution < 1.29 is 4.79 Å². The minimum absolute atomic E-state index is 0.284. The van der Waals surface area contributed by atoms with Crippen LogP contribution in [0.3, 0.4) is 0 Å². The zero-order chi connectivity index (χ0) is 17.1. The summed E-state index contributed by atoms with van der Waals surface area (Å²) in [7, 11) is 0. The maximum Gasteiger partial charge on any atom is 0.256 e. The summed E-state index contributed by atoms with van der Waals surface area (Å²) in [4.78, 5) is 27.1. The molecule has 1 atom stereocenters. The molecule has 0 aliphatic carbocycles. The first-order valence-electron chi connectivity index (χ1n) is 8.12. The molecule has 0 spiro atoms.